The van der Waals surface area contributed by atoms with Crippen molar-refractivity contribution in [1.29, 1.82) is 0 Å². The molecule has 7 nitrogen and oxygen atoms in total. The SMILES string of the molecule is CN(Cc1cccc(Cl)c1)C(=O)c1cccc(NS(=O)(=O)c2ccc3c(c2)OCCO3)c1. The minimum Gasteiger partial charge on any atom is -0.486 e. The summed E-state index contributed by atoms with van der Waals surface area (Å²) in [5, 5.41) is 0.596. The lowest BCUT2D eigenvalue weighted by molar-refractivity contribution is 0.0785. The molecule has 1 aliphatic rings. The molecule has 32 heavy (non-hydrogen) atoms. The molecule has 0 unspecified atom stereocenters. The van der Waals surface area contributed by atoms with Crippen molar-refractivity contribution in [3.63, 3.8) is 0 Å². The molecule has 1 N–H and O–H groups in total. The van der Waals surface area contributed by atoms with Crippen LogP contribution in [0.15, 0.2) is 71.6 Å². The van der Waals surface area contributed by atoms with Crippen LogP contribution in [0, 0.1) is 0 Å². The zero-order chi connectivity index (χ0) is 22.7. The van der Waals surface area contributed by atoms with Crippen LogP contribution >= 0.6 is 11.6 Å². The van der Waals surface area contributed by atoms with Gasteiger partial charge in [0, 0.05) is 35.9 Å². The van der Waals surface area contributed by atoms with Crippen molar-refractivity contribution in [1.82, 2.24) is 4.90 Å². The van der Waals surface area contributed by atoms with Crippen LogP contribution in [0.2, 0.25) is 5.02 Å². The molecule has 3 aromatic carbocycles. The molecule has 166 valence electrons. The molecule has 0 saturated heterocycles. The lowest BCUT2D eigenvalue weighted by Crippen LogP contribution is -2.26. The van der Waals surface area contributed by atoms with Gasteiger partial charge in [0.25, 0.3) is 15.9 Å². The number of hydrogen-bond acceptors (Lipinski definition) is 5. The molecule has 4 rings (SSSR count). The number of carbonyl (C=O) groups excluding carboxylic acids is 1. The second-order valence-electron chi connectivity index (χ2n) is 7.28. The Balaban J connectivity index is 1.50. The highest BCUT2D eigenvalue weighted by atomic mass is 35.5. The Labute approximate surface area is 191 Å². The number of anilines is 1. The fourth-order valence-electron chi connectivity index (χ4n) is 3.32. The predicted molar refractivity (Wildman–Crippen MR) is 122 cm³/mol. The van der Waals surface area contributed by atoms with E-state index in [1.807, 2.05) is 12.1 Å². The maximum absolute atomic E-state index is 12.9. The van der Waals surface area contributed by atoms with Crippen molar-refractivity contribution in [3.8, 4) is 11.5 Å². The molecule has 0 saturated carbocycles. The minimum atomic E-state index is -3.89. The van der Waals surface area contributed by atoms with Crippen LogP contribution in [0.4, 0.5) is 5.69 Å². The van der Waals surface area contributed by atoms with Crippen molar-refractivity contribution >= 4 is 33.2 Å². The van der Waals surface area contributed by atoms with E-state index in [2.05, 4.69) is 4.72 Å². The summed E-state index contributed by atoms with van der Waals surface area (Å²) in [6.07, 6.45) is 0. The topological polar surface area (TPSA) is 84.9 Å². The van der Waals surface area contributed by atoms with E-state index < -0.39 is 10.0 Å². The molecule has 3 aromatic rings. The normalized spacial score (nSPS) is 12.8. The molecule has 0 aliphatic carbocycles. The van der Waals surface area contributed by atoms with Crippen molar-refractivity contribution < 1.29 is 22.7 Å². The van der Waals surface area contributed by atoms with Crippen molar-refractivity contribution in [3.05, 3.63) is 82.9 Å². The Kier molecular flexibility index (Phi) is 6.25. The monoisotopic (exact) mass is 472 g/mol. The maximum atomic E-state index is 12.9. The third kappa shape index (κ3) is 4.98. The number of ether oxygens (including phenoxy) is 2. The second-order valence-corrected chi connectivity index (χ2v) is 9.40. The number of carbonyl (C=O) groups is 1. The van der Waals surface area contributed by atoms with Gasteiger partial charge in [-0.1, -0.05) is 29.8 Å². The number of halogens is 1. The van der Waals surface area contributed by atoms with Gasteiger partial charge in [-0.15, -0.1) is 0 Å². The highest BCUT2D eigenvalue weighted by Gasteiger charge is 2.20. The van der Waals surface area contributed by atoms with Gasteiger partial charge >= 0.3 is 0 Å². The summed E-state index contributed by atoms with van der Waals surface area (Å²) in [5.41, 5.74) is 1.53. The zero-order valence-electron chi connectivity index (χ0n) is 17.2. The molecule has 1 amide bonds. The lowest BCUT2D eigenvalue weighted by atomic mass is 10.1. The first-order valence-electron chi connectivity index (χ1n) is 9.84. The fraction of sp³-hybridized carbons (Fsp3) is 0.174. The van der Waals surface area contributed by atoms with E-state index in [0.29, 0.717) is 41.8 Å². The quantitative estimate of drug-likeness (QED) is 0.581. The first kappa shape index (κ1) is 22.0. The number of fused-ring (bicyclic) bond motifs is 1. The third-order valence-electron chi connectivity index (χ3n) is 4.84. The number of nitrogens with one attached hydrogen (secondary N) is 1. The van der Waals surface area contributed by atoms with Gasteiger partial charge in [0.2, 0.25) is 0 Å². The van der Waals surface area contributed by atoms with Crippen LogP contribution in [0.25, 0.3) is 0 Å². The molecular formula is C23H21ClN2O5S. The number of sulfonamides is 1. The summed E-state index contributed by atoms with van der Waals surface area (Å²) in [7, 11) is -2.21. The summed E-state index contributed by atoms with van der Waals surface area (Å²) in [4.78, 5) is 14.4. The first-order chi connectivity index (χ1) is 15.3. The minimum absolute atomic E-state index is 0.0385. The smallest absolute Gasteiger partial charge is 0.262 e. The van der Waals surface area contributed by atoms with E-state index in [0.717, 1.165) is 5.56 Å². The maximum Gasteiger partial charge on any atom is 0.262 e. The number of hydrogen-bond donors (Lipinski definition) is 1. The van der Waals surface area contributed by atoms with Crippen LogP contribution in [0.3, 0.4) is 0 Å². The van der Waals surface area contributed by atoms with E-state index in [4.69, 9.17) is 21.1 Å². The summed E-state index contributed by atoms with van der Waals surface area (Å²) in [5.74, 6) is 0.640. The van der Waals surface area contributed by atoms with Crippen LogP contribution in [0.5, 0.6) is 11.5 Å². The van der Waals surface area contributed by atoms with Crippen LogP contribution in [-0.2, 0) is 16.6 Å². The predicted octanol–water partition coefficient (Wildman–Crippen LogP) is 4.18. The van der Waals surface area contributed by atoms with E-state index in [9.17, 15) is 13.2 Å². The van der Waals surface area contributed by atoms with Crippen molar-refractivity contribution in [2.24, 2.45) is 0 Å². The van der Waals surface area contributed by atoms with Gasteiger partial charge in [-0.3, -0.25) is 9.52 Å². The Morgan fingerprint density at radius 3 is 2.53 bits per heavy atom. The lowest BCUT2D eigenvalue weighted by Gasteiger charge is -2.19. The number of amides is 1. The molecule has 0 radical (unpaired) electrons. The number of nitrogens with zero attached hydrogens (tertiary/aromatic N) is 1. The van der Waals surface area contributed by atoms with Gasteiger partial charge in [-0.25, -0.2) is 8.42 Å². The number of benzene rings is 3. The first-order valence-corrected chi connectivity index (χ1v) is 11.7. The van der Waals surface area contributed by atoms with E-state index in [1.165, 1.54) is 18.2 Å². The zero-order valence-corrected chi connectivity index (χ0v) is 18.8. The summed E-state index contributed by atoms with van der Waals surface area (Å²) in [6, 6.07) is 18.1. The largest absolute Gasteiger partial charge is 0.486 e. The second kappa shape index (κ2) is 9.10. The van der Waals surface area contributed by atoms with Crippen LogP contribution in [-0.4, -0.2) is 39.5 Å². The molecule has 1 aliphatic heterocycles. The van der Waals surface area contributed by atoms with Gasteiger partial charge in [0.1, 0.15) is 13.2 Å². The third-order valence-corrected chi connectivity index (χ3v) is 6.46. The summed E-state index contributed by atoms with van der Waals surface area (Å²) >= 11 is 6.01. The van der Waals surface area contributed by atoms with Gasteiger partial charge in [-0.05, 0) is 48.0 Å². The van der Waals surface area contributed by atoms with E-state index in [-0.39, 0.29) is 16.5 Å². The standard InChI is InChI=1S/C23H21ClN2O5S/c1-26(15-16-4-2-6-18(24)12-16)23(27)17-5-3-7-19(13-17)25-32(28,29)20-8-9-21-22(14-20)31-11-10-30-21/h2-9,12-14,25H,10-11,15H2,1H3. The van der Waals surface area contributed by atoms with Gasteiger partial charge < -0.3 is 14.4 Å². The average molecular weight is 473 g/mol. The van der Waals surface area contributed by atoms with E-state index in [1.54, 1.807) is 48.3 Å². The Hall–Kier alpha value is -3.23. The van der Waals surface area contributed by atoms with Crippen LogP contribution in [0.1, 0.15) is 15.9 Å². The molecule has 0 atom stereocenters. The Morgan fingerprint density at radius 2 is 1.75 bits per heavy atom. The summed E-state index contributed by atoms with van der Waals surface area (Å²) in [6.45, 7) is 1.15. The van der Waals surface area contributed by atoms with Crippen molar-refractivity contribution in [2.45, 2.75) is 11.4 Å². The Bertz CT molecular complexity index is 1260. The molecular weight excluding hydrogens is 452 g/mol. The van der Waals surface area contributed by atoms with Gasteiger partial charge in [0.05, 0.1) is 4.90 Å². The molecule has 9 heteroatoms. The van der Waals surface area contributed by atoms with Gasteiger partial charge in [-0.2, -0.15) is 0 Å². The molecule has 1 heterocycles. The van der Waals surface area contributed by atoms with Crippen molar-refractivity contribution in [2.75, 3.05) is 25.0 Å². The Morgan fingerprint density at radius 1 is 1.00 bits per heavy atom. The average Bonchev–Trinajstić information content (AvgIpc) is 2.78. The fourth-order valence-corrected chi connectivity index (χ4v) is 4.60. The van der Waals surface area contributed by atoms with Gasteiger partial charge in [0.15, 0.2) is 11.5 Å². The van der Waals surface area contributed by atoms with Crippen LogP contribution < -0.4 is 14.2 Å². The molecule has 0 bridgehead atoms. The number of rotatable bonds is 6. The van der Waals surface area contributed by atoms with E-state index >= 15 is 0 Å². The summed E-state index contributed by atoms with van der Waals surface area (Å²) < 4.78 is 39.1. The molecule has 0 aromatic heterocycles. The highest BCUT2D eigenvalue weighted by Crippen LogP contribution is 2.32. The molecule has 0 fully saturated rings. The highest BCUT2D eigenvalue weighted by molar-refractivity contribution is 7.92. The molecule has 0 spiro atoms.